The molecule has 0 saturated heterocycles. The largest absolute Gasteiger partial charge is 0.315 e. The number of unbranched alkanes of at least 4 members (excludes halogenated alkanes) is 1. The van der Waals surface area contributed by atoms with Gasteiger partial charge in [0.15, 0.2) is 0 Å². The van der Waals surface area contributed by atoms with Gasteiger partial charge in [-0.3, -0.25) is 4.68 Å². The molecular weight excluding hydrogens is 276 g/mol. The number of nitrogens with zero attached hydrogens (tertiary/aromatic N) is 3. The van der Waals surface area contributed by atoms with Crippen LogP contribution in [0.1, 0.15) is 32.3 Å². The second-order valence-corrected chi connectivity index (χ2v) is 7.61. The Morgan fingerprint density at radius 2 is 2.10 bits per heavy atom. The van der Waals surface area contributed by atoms with Gasteiger partial charge in [0, 0.05) is 38.4 Å². The van der Waals surface area contributed by atoms with Gasteiger partial charge in [-0.05, 0) is 19.4 Å². The molecule has 1 rings (SSSR count). The molecule has 0 amide bonds. The van der Waals surface area contributed by atoms with Crippen LogP contribution in [0.4, 0.5) is 0 Å². The van der Waals surface area contributed by atoms with Crippen molar-refractivity contribution in [3.8, 4) is 0 Å². The SMILES string of the molecule is CC(C)NCCCCS(=O)(=O)N(C)Cc1cnn(C)c1. The van der Waals surface area contributed by atoms with Gasteiger partial charge in [-0.1, -0.05) is 13.8 Å². The Hall–Kier alpha value is -0.920. The van der Waals surface area contributed by atoms with E-state index in [1.807, 2.05) is 13.2 Å². The van der Waals surface area contributed by atoms with E-state index in [4.69, 9.17) is 0 Å². The fourth-order valence-electron chi connectivity index (χ4n) is 1.87. The lowest BCUT2D eigenvalue weighted by Gasteiger charge is -2.16. The van der Waals surface area contributed by atoms with Crippen molar-refractivity contribution in [3.63, 3.8) is 0 Å². The smallest absolute Gasteiger partial charge is 0.214 e. The van der Waals surface area contributed by atoms with E-state index in [0.717, 1.165) is 18.5 Å². The normalized spacial score (nSPS) is 12.5. The number of rotatable bonds is 9. The third kappa shape index (κ3) is 6.02. The van der Waals surface area contributed by atoms with Gasteiger partial charge in [0.2, 0.25) is 10.0 Å². The molecule has 1 N–H and O–H groups in total. The maximum Gasteiger partial charge on any atom is 0.214 e. The lowest BCUT2D eigenvalue weighted by Crippen LogP contribution is -2.29. The molecule has 0 spiro atoms. The van der Waals surface area contributed by atoms with E-state index >= 15 is 0 Å². The molecular formula is C13H26N4O2S. The van der Waals surface area contributed by atoms with Crippen molar-refractivity contribution in [1.82, 2.24) is 19.4 Å². The Kier molecular flexibility index (Phi) is 6.64. The predicted octanol–water partition coefficient (Wildman–Crippen LogP) is 0.960. The first kappa shape index (κ1) is 17.1. The zero-order valence-corrected chi connectivity index (χ0v) is 13.7. The van der Waals surface area contributed by atoms with E-state index in [9.17, 15) is 8.42 Å². The average molecular weight is 302 g/mol. The molecule has 0 atom stereocenters. The van der Waals surface area contributed by atoms with Crippen LogP contribution in [0, 0.1) is 0 Å². The summed E-state index contributed by atoms with van der Waals surface area (Å²) in [6, 6.07) is 0.444. The first-order chi connectivity index (χ1) is 9.31. The average Bonchev–Trinajstić information content (AvgIpc) is 2.73. The van der Waals surface area contributed by atoms with E-state index in [-0.39, 0.29) is 5.75 Å². The van der Waals surface area contributed by atoms with E-state index in [2.05, 4.69) is 24.3 Å². The van der Waals surface area contributed by atoms with Crippen molar-refractivity contribution in [2.75, 3.05) is 19.3 Å². The van der Waals surface area contributed by atoms with E-state index < -0.39 is 10.0 Å². The third-order valence-corrected chi connectivity index (χ3v) is 4.90. The molecule has 0 aliphatic heterocycles. The van der Waals surface area contributed by atoms with E-state index in [0.29, 0.717) is 19.0 Å². The van der Waals surface area contributed by atoms with Gasteiger partial charge in [0.1, 0.15) is 0 Å². The quantitative estimate of drug-likeness (QED) is 0.690. The molecule has 0 fully saturated rings. The minimum Gasteiger partial charge on any atom is -0.315 e. The van der Waals surface area contributed by atoms with Gasteiger partial charge in [-0.25, -0.2) is 12.7 Å². The van der Waals surface area contributed by atoms with Gasteiger partial charge in [0.05, 0.1) is 11.9 Å². The lowest BCUT2D eigenvalue weighted by atomic mass is 10.3. The highest BCUT2D eigenvalue weighted by atomic mass is 32.2. The summed E-state index contributed by atoms with van der Waals surface area (Å²) in [5, 5.41) is 7.33. The monoisotopic (exact) mass is 302 g/mol. The summed E-state index contributed by atoms with van der Waals surface area (Å²) in [4.78, 5) is 0. The van der Waals surface area contributed by atoms with Crippen molar-refractivity contribution in [2.45, 2.75) is 39.3 Å². The first-order valence-electron chi connectivity index (χ1n) is 6.96. The van der Waals surface area contributed by atoms with Crippen LogP contribution in [-0.2, 0) is 23.6 Å². The highest BCUT2D eigenvalue weighted by Gasteiger charge is 2.17. The summed E-state index contributed by atoms with van der Waals surface area (Å²) in [5.41, 5.74) is 0.903. The Bertz CT molecular complexity index is 496. The molecule has 116 valence electrons. The van der Waals surface area contributed by atoms with Gasteiger partial charge < -0.3 is 5.32 Å². The predicted molar refractivity (Wildman–Crippen MR) is 80.8 cm³/mol. The van der Waals surface area contributed by atoms with E-state index in [1.165, 1.54) is 4.31 Å². The summed E-state index contributed by atoms with van der Waals surface area (Å²) >= 11 is 0. The molecule has 1 aromatic heterocycles. The molecule has 0 saturated carbocycles. The van der Waals surface area contributed by atoms with Crippen molar-refractivity contribution >= 4 is 10.0 Å². The maximum absolute atomic E-state index is 12.1. The van der Waals surface area contributed by atoms with Crippen LogP contribution >= 0.6 is 0 Å². The van der Waals surface area contributed by atoms with Crippen LogP contribution in [0.5, 0.6) is 0 Å². The molecule has 6 nitrogen and oxygen atoms in total. The standard InChI is InChI=1S/C13H26N4O2S/c1-12(2)14-7-5-6-8-20(18,19)17(4)11-13-9-15-16(3)10-13/h9-10,12,14H,5-8,11H2,1-4H3. The summed E-state index contributed by atoms with van der Waals surface area (Å²) in [5.74, 6) is 0.198. The second-order valence-electron chi connectivity index (χ2n) is 5.41. The Balaban J connectivity index is 2.35. The highest BCUT2D eigenvalue weighted by Crippen LogP contribution is 2.08. The topological polar surface area (TPSA) is 67.2 Å². The number of hydrogen-bond donors (Lipinski definition) is 1. The van der Waals surface area contributed by atoms with Crippen LogP contribution in [-0.4, -0.2) is 47.9 Å². The molecule has 0 aliphatic rings. The lowest BCUT2D eigenvalue weighted by molar-refractivity contribution is 0.463. The third-order valence-electron chi connectivity index (χ3n) is 3.02. The van der Waals surface area contributed by atoms with Crippen LogP contribution in [0.3, 0.4) is 0 Å². The Morgan fingerprint density at radius 3 is 2.65 bits per heavy atom. The molecule has 0 bridgehead atoms. The molecule has 0 aromatic carbocycles. The van der Waals surface area contributed by atoms with Gasteiger partial charge in [0.25, 0.3) is 0 Å². The zero-order valence-electron chi connectivity index (χ0n) is 12.8. The van der Waals surface area contributed by atoms with Crippen molar-refractivity contribution < 1.29 is 8.42 Å². The summed E-state index contributed by atoms with van der Waals surface area (Å²) in [7, 11) is 0.258. The maximum atomic E-state index is 12.1. The van der Waals surface area contributed by atoms with Crippen LogP contribution in [0.2, 0.25) is 0 Å². The van der Waals surface area contributed by atoms with Crippen LogP contribution < -0.4 is 5.32 Å². The van der Waals surface area contributed by atoms with Gasteiger partial charge in [-0.2, -0.15) is 5.10 Å². The minimum absolute atomic E-state index is 0.198. The molecule has 0 radical (unpaired) electrons. The van der Waals surface area contributed by atoms with Crippen LogP contribution in [0.25, 0.3) is 0 Å². The van der Waals surface area contributed by atoms with E-state index in [1.54, 1.807) is 17.9 Å². The molecule has 20 heavy (non-hydrogen) atoms. The summed E-state index contributed by atoms with van der Waals surface area (Å²) < 4.78 is 27.3. The number of aryl methyl sites for hydroxylation is 1. The van der Waals surface area contributed by atoms with Crippen molar-refractivity contribution in [2.24, 2.45) is 7.05 Å². The molecule has 7 heteroatoms. The molecule has 1 aromatic rings. The van der Waals surface area contributed by atoms with Gasteiger partial charge in [-0.15, -0.1) is 0 Å². The molecule has 0 unspecified atom stereocenters. The zero-order chi connectivity index (χ0) is 15.2. The molecule has 1 heterocycles. The Morgan fingerprint density at radius 1 is 1.40 bits per heavy atom. The van der Waals surface area contributed by atoms with Gasteiger partial charge >= 0.3 is 0 Å². The number of aromatic nitrogens is 2. The van der Waals surface area contributed by atoms with Crippen LogP contribution in [0.15, 0.2) is 12.4 Å². The fraction of sp³-hybridized carbons (Fsp3) is 0.769. The highest BCUT2D eigenvalue weighted by molar-refractivity contribution is 7.89. The number of hydrogen-bond acceptors (Lipinski definition) is 4. The minimum atomic E-state index is -3.18. The summed E-state index contributed by atoms with van der Waals surface area (Å²) in [6.07, 6.45) is 5.08. The van der Waals surface area contributed by atoms with Crippen molar-refractivity contribution in [1.29, 1.82) is 0 Å². The Labute approximate surface area is 122 Å². The molecule has 0 aliphatic carbocycles. The van der Waals surface area contributed by atoms with Crippen molar-refractivity contribution in [3.05, 3.63) is 18.0 Å². The second kappa shape index (κ2) is 7.75. The number of sulfonamides is 1. The summed E-state index contributed by atoms with van der Waals surface area (Å²) in [6.45, 7) is 5.40. The first-order valence-corrected chi connectivity index (χ1v) is 8.57. The number of nitrogens with one attached hydrogen (secondary N) is 1. The fourth-order valence-corrected chi connectivity index (χ4v) is 3.09.